The van der Waals surface area contributed by atoms with Crippen LogP contribution in [0.5, 0.6) is 0 Å². The fraction of sp³-hybridized carbons (Fsp3) is 0.857. The van der Waals surface area contributed by atoms with Gasteiger partial charge in [0.25, 0.3) is 0 Å². The van der Waals surface area contributed by atoms with Gasteiger partial charge in [0.15, 0.2) is 5.84 Å². The van der Waals surface area contributed by atoms with E-state index in [0.29, 0.717) is 0 Å². The van der Waals surface area contributed by atoms with Crippen molar-refractivity contribution in [1.29, 1.82) is 0 Å². The van der Waals surface area contributed by atoms with Crippen molar-refractivity contribution in [2.45, 2.75) is 6.18 Å². The van der Waals surface area contributed by atoms with E-state index in [1.165, 1.54) is 7.11 Å². The minimum atomic E-state index is -4.59. The van der Waals surface area contributed by atoms with Gasteiger partial charge in [-0.1, -0.05) is 5.16 Å². The molecule has 3 N–H and O–H groups in total. The third-order valence-corrected chi connectivity index (χ3v) is 1.58. The van der Waals surface area contributed by atoms with Crippen LogP contribution in [0.15, 0.2) is 5.16 Å². The maximum Gasteiger partial charge on any atom is 0.401 e. The van der Waals surface area contributed by atoms with Gasteiger partial charge in [0, 0.05) is 7.11 Å². The zero-order valence-electron chi connectivity index (χ0n) is 8.12. The van der Waals surface area contributed by atoms with Crippen molar-refractivity contribution in [2.24, 2.45) is 16.8 Å². The summed E-state index contributed by atoms with van der Waals surface area (Å²) < 4.78 is 46.1. The summed E-state index contributed by atoms with van der Waals surface area (Å²) in [6.07, 6.45) is -4.59. The predicted molar refractivity (Wildman–Crippen MR) is 45.6 cm³/mol. The summed E-state index contributed by atoms with van der Waals surface area (Å²) in [6.45, 7) is -0.495. The van der Waals surface area contributed by atoms with Gasteiger partial charge in [0.2, 0.25) is 0 Å². The molecule has 0 saturated carbocycles. The first kappa shape index (κ1) is 14.0. The van der Waals surface area contributed by atoms with E-state index in [1.807, 2.05) is 0 Å². The van der Waals surface area contributed by atoms with Crippen LogP contribution >= 0.6 is 0 Å². The third kappa shape index (κ3) is 5.43. The van der Waals surface area contributed by atoms with Crippen molar-refractivity contribution in [2.75, 3.05) is 26.9 Å². The van der Waals surface area contributed by atoms with Gasteiger partial charge < -0.3 is 20.4 Å². The standard InChI is InChI=1S/C7H13F3N2O3/c1-14-2-3-15-4-5(6(11)12-13)7(8,9)10/h5,13H,2-4H2,1H3,(H2,11,12). The van der Waals surface area contributed by atoms with Gasteiger partial charge in [-0.05, 0) is 0 Å². The summed E-state index contributed by atoms with van der Waals surface area (Å²) in [7, 11) is 1.40. The molecule has 15 heavy (non-hydrogen) atoms. The molecule has 0 rings (SSSR count). The molecule has 90 valence electrons. The van der Waals surface area contributed by atoms with Crippen LogP contribution in [0, 0.1) is 5.92 Å². The lowest BCUT2D eigenvalue weighted by atomic mass is 10.1. The van der Waals surface area contributed by atoms with Crippen LogP contribution in [-0.4, -0.2) is 44.1 Å². The summed E-state index contributed by atoms with van der Waals surface area (Å²) in [5, 5.41) is 10.5. The molecule has 0 aromatic carbocycles. The van der Waals surface area contributed by atoms with E-state index in [1.54, 1.807) is 0 Å². The number of ether oxygens (including phenoxy) is 2. The first-order valence-corrected chi connectivity index (χ1v) is 4.04. The highest BCUT2D eigenvalue weighted by Crippen LogP contribution is 2.26. The highest BCUT2D eigenvalue weighted by molar-refractivity contribution is 5.83. The molecule has 1 unspecified atom stereocenters. The van der Waals surface area contributed by atoms with Gasteiger partial charge in [0.05, 0.1) is 19.8 Å². The number of halogens is 3. The summed E-state index contributed by atoms with van der Waals surface area (Å²) in [6, 6.07) is 0. The predicted octanol–water partition coefficient (Wildman–Crippen LogP) is 0.574. The van der Waals surface area contributed by atoms with Crippen LogP contribution in [-0.2, 0) is 9.47 Å². The Kier molecular flexibility index (Phi) is 6.02. The Labute approximate surface area is 84.6 Å². The molecule has 5 nitrogen and oxygen atoms in total. The lowest BCUT2D eigenvalue weighted by Crippen LogP contribution is -2.39. The minimum Gasteiger partial charge on any atom is -0.409 e. The lowest BCUT2D eigenvalue weighted by Gasteiger charge is -2.18. The van der Waals surface area contributed by atoms with Gasteiger partial charge in [-0.15, -0.1) is 0 Å². The highest BCUT2D eigenvalue weighted by Gasteiger charge is 2.42. The van der Waals surface area contributed by atoms with Crippen molar-refractivity contribution in [3.05, 3.63) is 0 Å². The van der Waals surface area contributed by atoms with E-state index < -0.39 is 24.5 Å². The molecular formula is C7H13F3N2O3. The molecule has 8 heteroatoms. The second-order valence-corrected chi connectivity index (χ2v) is 2.69. The number of rotatable bonds is 6. The molecule has 0 amide bonds. The average molecular weight is 230 g/mol. The van der Waals surface area contributed by atoms with E-state index in [-0.39, 0.29) is 13.2 Å². The van der Waals surface area contributed by atoms with E-state index in [0.717, 1.165) is 0 Å². The summed E-state index contributed by atoms with van der Waals surface area (Å²) >= 11 is 0. The van der Waals surface area contributed by atoms with Crippen LogP contribution in [0.3, 0.4) is 0 Å². The number of hydrogen-bond acceptors (Lipinski definition) is 4. The maximum atomic E-state index is 12.3. The minimum absolute atomic E-state index is 0.0157. The monoisotopic (exact) mass is 230 g/mol. The lowest BCUT2D eigenvalue weighted by molar-refractivity contribution is -0.169. The summed E-state index contributed by atoms with van der Waals surface area (Å²) in [4.78, 5) is 0. The molecule has 0 bridgehead atoms. The molecule has 0 aromatic heterocycles. The Bertz CT molecular complexity index is 208. The second-order valence-electron chi connectivity index (χ2n) is 2.69. The molecule has 0 heterocycles. The summed E-state index contributed by atoms with van der Waals surface area (Å²) in [5.74, 6) is -3.01. The van der Waals surface area contributed by atoms with Gasteiger partial charge >= 0.3 is 6.18 Å². The smallest absolute Gasteiger partial charge is 0.401 e. The number of methoxy groups -OCH3 is 1. The Morgan fingerprint density at radius 3 is 2.47 bits per heavy atom. The molecule has 0 aliphatic carbocycles. The van der Waals surface area contributed by atoms with Crippen molar-refractivity contribution in [3.63, 3.8) is 0 Å². The van der Waals surface area contributed by atoms with Crippen LogP contribution in [0.2, 0.25) is 0 Å². The summed E-state index contributed by atoms with van der Waals surface area (Å²) in [5.41, 5.74) is 4.89. The van der Waals surface area contributed by atoms with E-state index >= 15 is 0 Å². The van der Waals surface area contributed by atoms with Crippen LogP contribution < -0.4 is 5.73 Å². The fourth-order valence-corrected chi connectivity index (χ4v) is 0.761. The number of nitrogens with zero attached hydrogens (tertiary/aromatic N) is 1. The van der Waals surface area contributed by atoms with Gasteiger partial charge in [0.1, 0.15) is 5.92 Å². The second kappa shape index (κ2) is 6.46. The zero-order valence-corrected chi connectivity index (χ0v) is 8.12. The number of oxime groups is 1. The molecular weight excluding hydrogens is 217 g/mol. The third-order valence-electron chi connectivity index (χ3n) is 1.58. The zero-order chi connectivity index (χ0) is 11.9. The van der Waals surface area contributed by atoms with Gasteiger partial charge in [-0.25, -0.2) is 0 Å². The van der Waals surface area contributed by atoms with Crippen LogP contribution in [0.25, 0.3) is 0 Å². The Hall–Kier alpha value is -1.02. The Balaban J connectivity index is 4.16. The maximum absolute atomic E-state index is 12.3. The van der Waals surface area contributed by atoms with Crippen molar-refractivity contribution >= 4 is 5.84 Å². The van der Waals surface area contributed by atoms with Crippen molar-refractivity contribution < 1.29 is 27.9 Å². The van der Waals surface area contributed by atoms with Gasteiger partial charge in [-0.2, -0.15) is 13.2 Å². The Morgan fingerprint density at radius 1 is 1.47 bits per heavy atom. The fourth-order valence-electron chi connectivity index (χ4n) is 0.761. The number of amidine groups is 1. The van der Waals surface area contributed by atoms with E-state index in [4.69, 9.17) is 10.9 Å². The molecule has 0 fully saturated rings. The SMILES string of the molecule is COCCOCC(C(N)=NO)C(F)(F)F. The van der Waals surface area contributed by atoms with Crippen LogP contribution in [0.4, 0.5) is 13.2 Å². The first-order chi connectivity index (χ1) is 6.93. The number of alkyl halides is 3. The topological polar surface area (TPSA) is 77.1 Å². The van der Waals surface area contributed by atoms with Gasteiger partial charge in [-0.3, -0.25) is 0 Å². The van der Waals surface area contributed by atoms with E-state index in [2.05, 4.69) is 14.6 Å². The van der Waals surface area contributed by atoms with Crippen molar-refractivity contribution in [1.82, 2.24) is 0 Å². The van der Waals surface area contributed by atoms with E-state index in [9.17, 15) is 13.2 Å². The number of nitrogens with two attached hydrogens (primary N) is 1. The molecule has 0 spiro atoms. The Morgan fingerprint density at radius 2 is 2.07 bits per heavy atom. The highest BCUT2D eigenvalue weighted by atomic mass is 19.4. The number of hydrogen-bond donors (Lipinski definition) is 2. The van der Waals surface area contributed by atoms with Crippen molar-refractivity contribution in [3.8, 4) is 0 Å². The van der Waals surface area contributed by atoms with Crippen LogP contribution in [0.1, 0.15) is 0 Å². The molecule has 1 atom stereocenters. The largest absolute Gasteiger partial charge is 0.409 e. The molecule has 0 radical (unpaired) electrons. The first-order valence-electron chi connectivity index (χ1n) is 4.04. The molecule has 0 aromatic rings. The average Bonchev–Trinajstić information content (AvgIpc) is 2.15. The quantitative estimate of drug-likeness (QED) is 0.230. The normalized spacial score (nSPS) is 15.3. The molecule has 0 aliphatic rings. The molecule has 0 aliphatic heterocycles. The molecule has 0 saturated heterocycles.